The second-order valence-corrected chi connectivity index (χ2v) is 5.84. The van der Waals surface area contributed by atoms with Gasteiger partial charge >= 0.3 is 0 Å². The van der Waals surface area contributed by atoms with Crippen molar-refractivity contribution in [3.8, 4) is 11.8 Å². The van der Waals surface area contributed by atoms with Crippen LogP contribution in [0.25, 0.3) is 0 Å². The molecule has 5 heteroatoms. The van der Waals surface area contributed by atoms with Crippen molar-refractivity contribution in [3.05, 3.63) is 29.8 Å². The molecule has 0 saturated carbocycles. The van der Waals surface area contributed by atoms with E-state index in [2.05, 4.69) is 25.2 Å². The lowest BCUT2D eigenvalue weighted by Gasteiger charge is -2.24. The molecule has 1 aromatic carbocycles. The van der Waals surface area contributed by atoms with Gasteiger partial charge in [0.25, 0.3) is 0 Å². The van der Waals surface area contributed by atoms with Gasteiger partial charge in [-0.2, -0.15) is 5.26 Å². The molecule has 116 valence electrons. The molecule has 5 nitrogen and oxygen atoms in total. The first-order valence-electron chi connectivity index (χ1n) is 7.10. The molecule has 0 aliphatic heterocycles. The van der Waals surface area contributed by atoms with Gasteiger partial charge in [-0.3, -0.25) is 0 Å². The molecule has 0 aliphatic carbocycles. The van der Waals surface area contributed by atoms with Crippen LogP contribution in [0.5, 0.6) is 5.75 Å². The maximum absolute atomic E-state index is 9.88. The van der Waals surface area contributed by atoms with Crippen LogP contribution in [0.15, 0.2) is 24.3 Å². The van der Waals surface area contributed by atoms with Crippen LogP contribution in [0.4, 0.5) is 0 Å². The van der Waals surface area contributed by atoms with Gasteiger partial charge < -0.3 is 20.3 Å². The van der Waals surface area contributed by atoms with Crippen molar-refractivity contribution in [2.24, 2.45) is 5.41 Å². The number of ether oxygens (including phenoxy) is 1. The van der Waals surface area contributed by atoms with Crippen molar-refractivity contribution in [1.82, 2.24) is 5.32 Å². The largest absolute Gasteiger partial charge is 0.489 e. The summed E-state index contributed by atoms with van der Waals surface area (Å²) >= 11 is 0. The Morgan fingerprint density at radius 2 is 2.10 bits per heavy atom. The van der Waals surface area contributed by atoms with Crippen LogP contribution < -0.4 is 10.1 Å². The van der Waals surface area contributed by atoms with Gasteiger partial charge in [-0.15, -0.1) is 0 Å². The third-order valence-corrected chi connectivity index (χ3v) is 3.21. The Bertz CT molecular complexity index is 469. The number of nitrogens with one attached hydrogen (secondary N) is 1. The fourth-order valence-corrected chi connectivity index (χ4v) is 1.90. The highest BCUT2D eigenvalue weighted by Gasteiger charge is 2.17. The van der Waals surface area contributed by atoms with E-state index in [1.54, 1.807) is 24.3 Å². The number of nitrogens with zero attached hydrogens (tertiary/aromatic N) is 1. The van der Waals surface area contributed by atoms with E-state index < -0.39 is 6.10 Å². The average molecular weight is 292 g/mol. The lowest BCUT2D eigenvalue weighted by atomic mass is 9.90. The molecule has 0 aromatic heterocycles. The molecule has 0 spiro atoms. The second kappa shape index (κ2) is 8.63. The summed E-state index contributed by atoms with van der Waals surface area (Å²) in [6.45, 7) is 5.52. The number of benzene rings is 1. The highest BCUT2D eigenvalue weighted by Crippen LogP contribution is 2.18. The molecular weight excluding hydrogens is 268 g/mol. The van der Waals surface area contributed by atoms with Crippen molar-refractivity contribution in [3.63, 3.8) is 0 Å². The monoisotopic (exact) mass is 292 g/mol. The molecule has 0 radical (unpaired) electrons. The summed E-state index contributed by atoms with van der Waals surface area (Å²) in [6.07, 6.45) is 0.0592. The van der Waals surface area contributed by atoms with E-state index in [0.717, 1.165) is 0 Å². The van der Waals surface area contributed by atoms with Crippen LogP contribution in [-0.4, -0.2) is 42.6 Å². The summed E-state index contributed by atoms with van der Waals surface area (Å²) in [5.41, 5.74) is 0.449. The van der Waals surface area contributed by atoms with Gasteiger partial charge in [0.05, 0.1) is 5.56 Å². The highest BCUT2D eigenvalue weighted by atomic mass is 16.5. The fourth-order valence-electron chi connectivity index (χ4n) is 1.90. The predicted molar refractivity (Wildman–Crippen MR) is 81.0 cm³/mol. The van der Waals surface area contributed by atoms with Crippen LogP contribution in [-0.2, 0) is 0 Å². The molecule has 1 aromatic rings. The van der Waals surface area contributed by atoms with Crippen molar-refractivity contribution in [2.45, 2.75) is 26.4 Å². The minimum absolute atomic E-state index is 0.0112. The summed E-state index contributed by atoms with van der Waals surface area (Å²) in [5, 5.41) is 30.9. The SMILES string of the molecule is CC(C)(CCO)CNCC(O)COc1ccccc1C#N. The molecule has 21 heavy (non-hydrogen) atoms. The smallest absolute Gasteiger partial charge is 0.137 e. The number of aliphatic hydroxyl groups is 2. The van der Waals surface area contributed by atoms with E-state index in [4.69, 9.17) is 15.1 Å². The summed E-state index contributed by atoms with van der Waals surface area (Å²) in [7, 11) is 0. The molecule has 0 fully saturated rings. The van der Waals surface area contributed by atoms with Crippen LogP contribution in [0.2, 0.25) is 0 Å². The molecule has 0 amide bonds. The summed E-state index contributed by atoms with van der Waals surface area (Å²) in [4.78, 5) is 0. The summed E-state index contributed by atoms with van der Waals surface area (Å²) < 4.78 is 5.47. The number of hydrogen-bond donors (Lipinski definition) is 3. The van der Waals surface area contributed by atoms with E-state index >= 15 is 0 Å². The first-order chi connectivity index (χ1) is 9.98. The van der Waals surface area contributed by atoms with Gasteiger partial charge in [-0.05, 0) is 24.0 Å². The van der Waals surface area contributed by atoms with Crippen LogP contribution in [0, 0.1) is 16.7 Å². The molecule has 1 unspecified atom stereocenters. The summed E-state index contributed by atoms with van der Waals surface area (Å²) in [5.74, 6) is 0.486. The number of para-hydroxylation sites is 1. The fraction of sp³-hybridized carbons (Fsp3) is 0.562. The second-order valence-electron chi connectivity index (χ2n) is 5.84. The quantitative estimate of drug-likeness (QED) is 0.638. The van der Waals surface area contributed by atoms with Crippen molar-refractivity contribution in [1.29, 1.82) is 5.26 Å². The van der Waals surface area contributed by atoms with Gasteiger partial charge in [0.2, 0.25) is 0 Å². The van der Waals surface area contributed by atoms with E-state index in [-0.39, 0.29) is 18.6 Å². The molecule has 0 saturated heterocycles. The molecule has 1 rings (SSSR count). The molecule has 1 atom stereocenters. The van der Waals surface area contributed by atoms with Crippen molar-refractivity contribution < 1.29 is 14.9 Å². The first kappa shape index (κ1) is 17.4. The zero-order valence-corrected chi connectivity index (χ0v) is 12.7. The minimum Gasteiger partial charge on any atom is -0.489 e. The molecule has 0 bridgehead atoms. The normalized spacial score (nSPS) is 12.7. The van der Waals surface area contributed by atoms with Gasteiger partial charge in [0.15, 0.2) is 0 Å². The van der Waals surface area contributed by atoms with Gasteiger partial charge in [-0.25, -0.2) is 0 Å². The van der Waals surface area contributed by atoms with Gasteiger partial charge in [0.1, 0.15) is 24.5 Å². The Kier molecular flexibility index (Phi) is 7.17. The molecule has 3 N–H and O–H groups in total. The molecule has 0 aliphatic rings. The number of hydrogen-bond acceptors (Lipinski definition) is 5. The minimum atomic E-state index is -0.651. The van der Waals surface area contributed by atoms with Gasteiger partial charge in [-0.1, -0.05) is 26.0 Å². The van der Waals surface area contributed by atoms with E-state index in [0.29, 0.717) is 30.8 Å². The number of nitriles is 1. The lowest BCUT2D eigenvalue weighted by Crippen LogP contribution is -2.37. The summed E-state index contributed by atoms with van der Waals surface area (Å²) in [6, 6.07) is 9.00. The zero-order valence-electron chi connectivity index (χ0n) is 12.7. The number of rotatable bonds is 9. The average Bonchev–Trinajstić information content (AvgIpc) is 2.45. The molecular formula is C16H24N2O3. The van der Waals surface area contributed by atoms with Gasteiger partial charge in [0, 0.05) is 19.7 Å². The third kappa shape index (κ3) is 6.58. The Balaban J connectivity index is 2.32. The third-order valence-electron chi connectivity index (χ3n) is 3.21. The van der Waals surface area contributed by atoms with Crippen LogP contribution in [0.3, 0.4) is 0 Å². The maximum Gasteiger partial charge on any atom is 0.137 e. The van der Waals surface area contributed by atoms with Crippen molar-refractivity contribution in [2.75, 3.05) is 26.3 Å². The van der Waals surface area contributed by atoms with E-state index in [1.165, 1.54) is 0 Å². The van der Waals surface area contributed by atoms with Crippen molar-refractivity contribution >= 4 is 0 Å². The Hall–Kier alpha value is -1.61. The number of aliphatic hydroxyl groups excluding tert-OH is 2. The Labute approximate surface area is 126 Å². The predicted octanol–water partition coefficient (Wildman–Crippen LogP) is 1.30. The lowest BCUT2D eigenvalue weighted by molar-refractivity contribution is 0.102. The zero-order chi connectivity index (χ0) is 15.7. The standard InChI is InChI=1S/C16H24N2O3/c1-16(2,7-8-19)12-18-10-14(20)11-21-15-6-4-3-5-13(15)9-17/h3-6,14,18-20H,7-8,10-12H2,1-2H3. The Morgan fingerprint density at radius 3 is 2.76 bits per heavy atom. The molecule has 0 heterocycles. The van der Waals surface area contributed by atoms with E-state index in [9.17, 15) is 5.11 Å². The maximum atomic E-state index is 9.88. The van der Waals surface area contributed by atoms with Crippen LogP contribution in [0.1, 0.15) is 25.8 Å². The first-order valence-corrected chi connectivity index (χ1v) is 7.10. The highest BCUT2D eigenvalue weighted by molar-refractivity contribution is 5.42. The Morgan fingerprint density at radius 1 is 1.38 bits per heavy atom. The van der Waals surface area contributed by atoms with E-state index in [1.807, 2.05) is 0 Å². The van der Waals surface area contributed by atoms with Crippen LogP contribution >= 0.6 is 0 Å². The topological polar surface area (TPSA) is 85.5 Å².